The Kier molecular flexibility index (Phi) is 6.72. The first kappa shape index (κ1) is 11.8. The molecule has 0 rings (SSSR count). The molecule has 0 aromatic rings. The summed E-state index contributed by atoms with van der Waals surface area (Å²) in [6, 6.07) is -0.663. The standard InChI is InChI=1S/C8H12N2O3/c9-5-8(13)10-7(6-12)3-1-2-4-11/h7H,1-3,5,9H2,(H,10,13). The van der Waals surface area contributed by atoms with Gasteiger partial charge in [-0.3, -0.25) is 14.4 Å². The fourth-order valence-corrected chi connectivity index (χ4v) is 0.792. The summed E-state index contributed by atoms with van der Waals surface area (Å²) in [4.78, 5) is 30.8. The van der Waals surface area contributed by atoms with Gasteiger partial charge in [0, 0.05) is 6.42 Å². The third-order valence-electron chi connectivity index (χ3n) is 1.43. The molecule has 0 saturated carbocycles. The molecule has 0 spiro atoms. The summed E-state index contributed by atoms with van der Waals surface area (Å²) < 4.78 is 0. The lowest BCUT2D eigenvalue weighted by atomic mass is 10.1. The molecule has 0 fully saturated rings. The number of carbonyl (C=O) groups excluding carboxylic acids is 3. The number of nitrogens with two attached hydrogens (primary N) is 1. The minimum absolute atomic E-state index is 0.155. The number of hydrogen-bond acceptors (Lipinski definition) is 4. The second-order valence-corrected chi connectivity index (χ2v) is 2.48. The summed E-state index contributed by atoms with van der Waals surface area (Å²) in [5, 5.41) is 2.36. The normalized spacial score (nSPS) is 11.8. The molecule has 13 heavy (non-hydrogen) atoms. The van der Waals surface area contributed by atoms with E-state index >= 15 is 0 Å². The van der Waals surface area contributed by atoms with E-state index in [2.05, 4.69) is 5.32 Å². The number of amides is 1. The summed E-state index contributed by atoms with van der Waals surface area (Å²) >= 11 is 0. The average Bonchev–Trinajstić information content (AvgIpc) is 2.16. The van der Waals surface area contributed by atoms with E-state index in [4.69, 9.17) is 5.73 Å². The summed E-state index contributed by atoms with van der Waals surface area (Å²) in [5.74, 6) is -0.400. The van der Waals surface area contributed by atoms with Gasteiger partial charge in [-0.1, -0.05) is 0 Å². The first-order valence-corrected chi connectivity index (χ1v) is 3.96. The van der Waals surface area contributed by atoms with E-state index in [-0.39, 0.29) is 13.0 Å². The lowest BCUT2D eigenvalue weighted by Crippen LogP contribution is -2.39. The fraction of sp³-hybridized carbons (Fsp3) is 0.625. The van der Waals surface area contributed by atoms with Crippen LogP contribution in [0.25, 0.3) is 0 Å². The Morgan fingerprint density at radius 2 is 2.15 bits per heavy atom. The van der Waals surface area contributed by atoms with Crippen molar-refractivity contribution >= 4 is 18.5 Å². The van der Waals surface area contributed by atoms with Crippen LogP contribution in [-0.2, 0) is 14.4 Å². The predicted molar refractivity (Wildman–Crippen MR) is 46.2 cm³/mol. The van der Waals surface area contributed by atoms with Crippen molar-refractivity contribution in [3.8, 4) is 0 Å². The van der Waals surface area contributed by atoms with Gasteiger partial charge in [0.15, 0.2) is 6.29 Å². The molecular weight excluding hydrogens is 172 g/mol. The molecule has 72 valence electrons. The Labute approximate surface area is 76.7 Å². The van der Waals surface area contributed by atoms with Crippen molar-refractivity contribution in [1.29, 1.82) is 0 Å². The highest BCUT2D eigenvalue weighted by Crippen LogP contribution is 1.96. The quantitative estimate of drug-likeness (QED) is 0.487. The number of rotatable bonds is 7. The second kappa shape index (κ2) is 7.42. The van der Waals surface area contributed by atoms with Crippen molar-refractivity contribution in [1.82, 2.24) is 5.32 Å². The van der Waals surface area contributed by atoms with Gasteiger partial charge in [0.1, 0.15) is 0 Å². The molecule has 0 heterocycles. The summed E-state index contributed by atoms with van der Waals surface area (Å²) in [7, 11) is 0. The average molecular weight is 184 g/mol. The van der Waals surface area contributed by atoms with E-state index in [1.54, 1.807) is 12.6 Å². The summed E-state index contributed by atoms with van der Waals surface area (Å²) in [5.41, 5.74) is 5.03. The van der Waals surface area contributed by atoms with Gasteiger partial charge >= 0.3 is 0 Å². The third-order valence-corrected chi connectivity index (χ3v) is 1.43. The van der Waals surface area contributed by atoms with E-state index < -0.39 is 11.9 Å². The van der Waals surface area contributed by atoms with E-state index in [1.165, 1.54) is 0 Å². The molecule has 2 radical (unpaired) electrons. The molecular formula is C8H12N2O3. The van der Waals surface area contributed by atoms with Crippen molar-refractivity contribution in [3.05, 3.63) is 0 Å². The molecule has 1 amide bonds. The largest absolute Gasteiger partial charge is 0.345 e. The minimum Gasteiger partial charge on any atom is -0.345 e. The first-order chi connectivity index (χ1) is 6.24. The van der Waals surface area contributed by atoms with Crippen LogP contribution in [0.2, 0.25) is 0 Å². The van der Waals surface area contributed by atoms with Gasteiger partial charge in [0.05, 0.1) is 12.6 Å². The van der Waals surface area contributed by atoms with Crippen LogP contribution in [0.4, 0.5) is 0 Å². The van der Waals surface area contributed by atoms with Crippen LogP contribution in [-0.4, -0.2) is 31.1 Å². The van der Waals surface area contributed by atoms with Crippen molar-refractivity contribution in [2.24, 2.45) is 5.73 Å². The molecule has 3 N–H and O–H groups in total. The van der Waals surface area contributed by atoms with Gasteiger partial charge in [-0.15, -0.1) is 0 Å². The lowest BCUT2D eigenvalue weighted by molar-refractivity contribution is -0.120. The Hall–Kier alpha value is -1.23. The summed E-state index contributed by atoms with van der Waals surface area (Å²) in [6.07, 6.45) is 4.52. The zero-order chi connectivity index (χ0) is 10.1. The molecule has 0 aliphatic heterocycles. The van der Waals surface area contributed by atoms with Crippen molar-refractivity contribution in [2.45, 2.75) is 25.3 Å². The maximum Gasteiger partial charge on any atom is 0.234 e. The predicted octanol–water partition coefficient (Wildman–Crippen LogP) is -1.18. The molecule has 1 atom stereocenters. The highest BCUT2D eigenvalue weighted by Gasteiger charge is 2.10. The van der Waals surface area contributed by atoms with Crippen LogP contribution in [0, 0.1) is 0 Å². The topological polar surface area (TPSA) is 89.3 Å². The molecule has 0 bridgehead atoms. The maximum absolute atomic E-state index is 10.7. The van der Waals surface area contributed by atoms with E-state index in [0.717, 1.165) is 0 Å². The van der Waals surface area contributed by atoms with E-state index in [9.17, 15) is 14.4 Å². The third kappa shape index (κ3) is 5.98. The van der Waals surface area contributed by atoms with Gasteiger partial charge in [0.2, 0.25) is 12.2 Å². The SMILES string of the molecule is NCC(=O)NC([C]=O)CCC[C]=O. The number of nitrogens with one attached hydrogen (secondary N) is 1. The van der Waals surface area contributed by atoms with Crippen molar-refractivity contribution < 1.29 is 14.4 Å². The van der Waals surface area contributed by atoms with Crippen molar-refractivity contribution in [2.75, 3.05) is 6.54 Å². The van der Waals surface area contributed by atoms with Crippen LogP contribution < -0.4 is 11.1 Å². The van der Waals surface area contributed by atoms with Crippen LogP contribution in [0.1, 0.15) is 19.3 Å². The van der Waals surface area contributed by atoms with Gasteiger partial charge in [-0.2, -0.15) is 0 Å². The Morgan fingerprint density at radius 3 is 2.62 bits per heavy atom. The molecule has 5 nitrogen and oxygen atoms in total. The molecule has 0 aliphatic rings. The van der Waals surface area contributed by atoms with Crippen LogP contribution >= 0.6 is 0 Å². The number of unbranched alkanes of at least 4 members (excludes halogenated alkanes) is 1. The fourth-order valence-electron chi connectivity index (χ4n) is 0.792. The lowest BCUT2D eigenvalue weighted by Gasteiger charge is -2.09. The second-order valence-electron chi connectivity index (χ2n) is 2.48. The molecule has 5 heteroatoms. The van der Waals surface area contributed by atoms with Crippen molar-refractivity contribution in [3.63, 3.8) is 0 Å². The zero-order valence-electron chi connectivity index (χ0n) is 7.21. The van der Waals surface area contributed by atoms with Crippen LogP contribution in [0.15, 0.2) is 0 Å². The molecule has 0 aromatic carbocycles. The highest BCUT2D eigenvalue weighted by atomic mass is 16.2. The van der Waals surface area contributed by atoms with E-state index in [0.29, 0.717) is 12.8 Å². The Morgan fingerprint density at radius 1 is 1.46 bits per heavy atom. The van der Waals surface area contributed by atoms with Gasteiger partial charge in [-0.05, 0) is 12.8 Å². The van der Waals surface area contributed by atoms with Gasteiger partial charge in [0.25, 0.3) is 0 Å². The maximum atomic E-state index is 10.7. The Balaban J connectivity index is 3.68. The van der Waals surface area contributed by atoms with Gasteiger partial charge < -0.3 is 11.1 Å². The number of carbonyl (C=O) groups is 1. The molecule has 0 aliphatic carbocycles. The zero-order valence-corrected chi connectivity index (χ0v) is 7.21. The van der Waals surface area contributed by atoms with Gasteiger partial charge in [-0.25, -0.2) is 0 Å². The molecule has 0 aromatic heterocycles. The Bertz CT molecular complexity index is 182. The first-order valence-electron chi connectivity index (χ1n) is 3.96. The summed E-state index contributed by atoms with van der Waals surface area (Å²) in [6.45, 7) is -0.155. The minimum atomic E-state index is -0.663. The smallest absolute Gasteiger partial charge is 0.234 e. The van der Waals surface area contributed by atoms with E-state index in [1.807, 2.05) is 0 Å². The number of hydrogen-bond donors (Lipinski definition) is 2. The monoisotopic (exact) mass is 184 g/mol. The molecule has 1 unspecified atom stereocenters. The molecule has 0 saturated heterocycles. The highest BCUT2D eigenvalue weighted by molar-refractivity contribution is 5.81. The van der Waals surface area contributed by atoms with Crippen LogP contribution in [0.5, 0.6) is 0 Å². The van der Waals surface area contributed by atoms with Crippen LogP contribution in [0.3, 0.4) is 0 Å².